The zero-order chi connectivity index (χ0) is 19.6. The molecule has 2 aromatic rings. The van der Waals surface area contributed by atoms with Crippen LogP contribution in [0, 0.1) is 5.41 Å². The highest BCUT2D eigenvalue weighted by Crippen LogP contribution is 2.41. The standard InChI is InChI=1S/C24H33N3/c1-16(2)18-8-12-20(13-9-18)22-6-5-7-23(27(22)24(25)26)21-14-10-19(11-15-21)17(3)4/h8-17,22-23H,5-7H2,1-4H3,(H3,25,26)/t22-,23+. The first kappa shape index (κ1) is 19.5. The van der Waals surface area contributed by atoms with Gasteiger partial charge in [0.25, 0.3) is 0 Å². The summed E-state index contributed by atoms with van der Waals surface area (Å²) in [5.41, 5.74) is 11.3. The van der Waals surface area contributed by atoms with E-state index in [2.05, 4.69) is 81.1 Å². The Morgan fingerprint density at radius 2 is 1.19 bits per heavy atom. The Balaban J connectivity index is 1.90. The summed E-state index contributed by atoms with van der Waals surface area (Å²) in [6, 6.07) is 18.1. The molecule has 1 aliphatic rings. The summed E-state index contributed by atoms with van der Waals surface area (Å²) in [6.45, 7) is 8.87. The minimum Gasteiger partial charge on any atom is -0.370 e. The summed E-state index contributed by atoms with van der Waals surface area (Å²) < 4.78 is 0. The van der Waals surface area contributed by atoms with Crippen LogP contribution in [0.5, 0.6) is 0 Å². The fourth-order valence-corrected chi connectivity index (χ4v) is 4.20. The van der Waals surface area contributed by atoms with Crippen molar-refractivity contribution in [1.82, 2.24) is 4.90 Å². The van der Waals surface area contributed by atoms with Crippen LogP contribution in [0.15, 0.2) is 48.5 Å². The van der Waals surface area contributed by atoms with E-state index < -0.39 is 0 Å². The Kier molecular flexibility index (Phi) is 5.88. The quantitative estimate of drug-likeness (QED) is 0.510. The van der Waals surface area contributed by atoms with Crippen LogP contribution in [0.25, 0.3) is 0 Å². The molecule has 0 radical (unpaired) electrons. The van der Waals surface area contributed by atoms with Gasteiger partial charge < -0.3 is 10.6 Å². The second-order valence-corrected chi connectivity index (χ2v) is 8.40. The smallest absolute Gasteiger partial charge is 0.189 e. The van der Waals surface area contributed by atoms with E-state index in [-0.39, 0.29) is 18.0 Å². The molecule has 1 fully saturated rings. The van der Waals surface area contributed by atoms with Gasteiger partial charge in [-0.15, -0.1) is 0 Å². The van der Waals surface area contributed by atoms with Gasteiger partial charge in [-0.05, 0) is 53.4 Å². The molecule has 3 rings (SSSR count). The molecule has 0 spiro atoms. The minimum absolute atomic E-state index is 0.172. The van der Waals surface area contributed by atoms with Gasteiger partial charge in [0.05, 0.1) is 12.1 Å². The monoisotopic (exact) mass is 363 g/mol. The molecule has 27 heavy (non-hydrogen) atoms. The van der Waals surface area contributed by atoms with E-state index >= 15 is 0 Å². The van der Waals surface area contributed by atoms with Crippen molar-refractivity contribution in [2.45, 2.75) is 70.9 Å². The summed E-state index contributed by atoms with van der Waals surface area (Å²) in [4.78, 5) is 2.12. The van der Waals surface area contributed by atoms with E-state index in [9.17, 15) is 0 Å². The summed E-state index contributed by atoms with van der Waals surface area (Å²) in [5.74, 6) is 1.23. The van der Waals surface area contributed by atoms with E-state index in [1.54, 1.807) is 0 Å². The number of piperidine rings is 1. The summed E-state index contributed by atoms with van der Waals surface area (Å²) in [7, 11) is 0. The fraction of sp³-hybridized carbons (Fsp3) is 0.458. The molecule has 0 amide bonds. The molecule has 3 N–H and O–H groups in total. The lowest BCUT2D eigenvalue weighted by Crippen LogP contribution is -2.44. The average molecular weight is 364 g/mol. The molecule has 2 atom stereocenters. The Morgan fingerprint density at radius 1 is 0.815 bits per heavy atom. The van der Waals surface area contributed by atoms with Gasteiger partial charge >= 0.3 is 0 Å². The third kappa shape index (κ3) is 4.18. The number of nitrogens with two attached hydrogens (primary N) is 1. The van der Waals surface area contributed by atoms with E-state index in [1.165, 1.54) is 22.3 Å². The molecule has 0 bridgehead atoms. The molecule has 1 aliphatic heterocycles. The number of hydrogen-bond acceptors (Lipinski definition) is 1. The maximum absolute atomic E-state index is 8.27. The average Bonchev–Trinajstić information content (AvgIpc) is 2.67. The van der Waals surface area contributed by atoms with Gasteiger partial charge in [-0.1, -0.05) is 76.2 Å². The highest BCUT2D eigenvalue weighted by Gasteiger charge is 2.33. The van der Waals surface area contributed by atoms with Crippen molar-refractivity contribution in [1.29, 1.82) is 5.41 Å². The summed E-state index contributed by atoms with van der Waals surface area (Å²) >= 11 is 0. The first-order valence-electron chi connectivity index (χ1n) is 10.2. The van der Waals surface area contributed by atoms with Crippen molar-refractivity contribution >= 4 is 5.96 Å². The van der Waals surface area contributed by atoms with Crippen molar-refractivity contribution in [3.63, 3.8) is 0 Å². The second-order valence-electron chi connectivity index (χ2n) is 8.40. The van der Waals surface area contributed by atoms with Gasteiger partial charge in [-0.3, -0.25) is 5.41 Å². The van der Waals surface area contributed by atoms with E-state index in [4.69, 9.17) is 11.1 Å². The first-order valence-corrected chi connectivity index (χ1v) is 10.2. The molecule has 1 saturated heterocycles. The van der Waals surface area contributed by atoms with Crippen LogP contribution >= 0.6 is 0 Å². The lowest BCUT2D eigenvalue weighted by atomic mass is 9.86. The maximum Gasteiger partial charge on any atom is 0.189 e. The molecule has 0 aliphatic carbocycles. The molecule has 0 unspecified atom stereocenters. The van der Waals surface area contributed by atoms with Gasteiger partial charge in [0, 0.05) is 0 Å². The van der Waals surface area contributed by atoms with E-state index in [0.29, 0.717) is 11.8 Å². The number of guanidine groups is 1. The second kappa shape index (κ2) is 8.16. The van der Waals surface area contributed by atoms with Crippen molar-refractivity contribution in [3.8, 4) is 0 Å². The van der Waals surface area contributed by atoms with Crippen LogP contribution in [-0.4, -0.2) is 10.9 Å². The van der Waals surface area contributed by atoms with Crippen LogP contribution < -0.4 is 5.73 Å². The Labute approximate surface area is 164 Å². The zero-order valence-electron chi connectivity index (χ0n) is 17.1. The predicted octanol–water partition coefficient (Wildman–Crippen LogP) is 6.10. The van der Waals surface area contributed by atoms with Gasteiger partial charge in [-0.2, -0.15) is 0 Å². The lowest BCUT2D eigenvalue weighted by Gasteiger charge is -2.43. The van der Waals surface area contributed by atoms with Crippen LogP contribution in [0.1, 0.15) is 93.1 Å². The van der Waals surface area contributed by atoms with Crippen molar-refractivity contribution in [2.24, 2.45) is 5.73 Å². The van der Waals surface area contributed by atoms with E-state index in [0.717, 1.165) is 19.3 Å². The molecular weight excluding hydrogens is 330 g/mol. The molecule has 144 valence electrons. The highest BCUT2D eigenvalue weighted by molar-refractivity contribution is 5.76. The Hall–Kier alpha value is -2.29. The van der Waals surface area contributed by atoms with E-state index in [1.807, 2.05) is 0 Å². The molecule has 3 nitrogen and oxygen atoms in total. The maximum atomic E-state index is 8.27. The topological polar surface area (TPSA) is 53.1 Å². The third-order valence-corrected chi connectivity index (χ3v) is 5.88. The molecule has 0 saturated carbocycles. The number of likely N-dealkylation sites (tertiary alicyclic amines) is 1. The van der Waals surface area contributed by atoms with Gasteiger partial charge in [0.15, 0.2) is 5.96 Å². The Morgan fingerprint density at radius 3 is 1.48 bits per heavy atom. The van der Waals surface area contributed by atoms with Gasteiger partial charge in [-0.25, -0.2) is 0 Å². The Bertz CT molecular complexity index is 700. The SMILES string of the molecule is CC(C)c1ccc([C@H]2CCC[C@@H](c3ccc(C(C)C)cc3)N2C(=N)N)cc1. The molecule has 1 heterocycles. The van der Waals surface area contributed by atoms with Crippen molar-refractivity contribution in [2.75, 3.05) is 0 Å². The number of benzene rings is 2. The number of nitrogens with one attached hydrogen (secondary N) is 1. The number of rotatable bonds is 4. The fourth-order valence-electron chi connectivity index (χ4n) is 4.20. The van der Waals surface area contributed by atoms with Crippen LogP contribution in [0.3, 0.4) is 0 Å². The molecule has 2 aromatic carbocycles. The van der Waals surface area contributed by atoms with Crippen molar-refractivity contribution < 1.29 is 0 Å². The normalized spacial score (nSPS) is 20.3. The number of nitrogens with zero attached hydrogens (tertiary/aromatic N) is 1. The lowest BCUT2D eigenvalue weighted by molar-refractivity contribution is 0.165. The van der Waals surface area contributed by atoms with Gasteiger partial charge in [0.1, 0.15) is 0 Å². The minimum atomic E-state index is 0.172. The first-order chi connectivity index (χ1) is 12.9. The molecular formula is C24H33N3. The van der Waals surface area contributed by atoms with Crippen LogP contribution in [0.2, 0.25) is 0 Å². The third-order valence-electron chi connectivity index (χ3n) is 5.88. The van der Waals surface area contributed by atoms with Crippen LogP contribution in [0.4, 0.5) is 0 Å². The van der Waals surface area contributed by atoms with Crippen molar-refractivity contribution in [3.05, 3.63) is 70.8 Å². The molecule has 0 aromatic heterocycles. The highest BCUT2D eigenvalue weighted by atomic mass is 15.3. The molecule has 3 heteroatoms. The summed E-state index contributed by atoms with van der Waals surface area (Å²) in [5, 5.41) is 8.27. The largest absolute Gasteiger partial charge is 0.370 e. The van der Waals surface area contributed by atoms with Crippen LogP contribution in [-0.2, 0) is 0 Å². The zero-order valence-corrected chi connectivity index (χ0v) is 17.1. The van der Waals surface area contributed by atoms with Gasteiger partial charge in [0.2, 0.25) is 0 Å². The summed E-state index contributed by atoms with van der Waals surface area (Å²) in [6.07, 6.45) is 3.24. The number of hydrogen-bond donors (Lipinski definition) is 2. The predicted molar refractivity (Wildman–Crippen MR) is 114 cm³/mol.